The minimum atomic E-state index is 0.0556. The van der Waals surface area contributed by atoms with Crippen molar-refractivity contribution in [2.24, 2.45) is 0 Å². The van der Waals surface area contributed by atoms with Crippen LogP contribution in [0.3, 0.4) is 0 Å². The molecule has 0 atom stereocenters. The summed E-state index contributed by atoms with van der Waals surface area (Å²) in [7, 11) is 0. The van der Waals surface area contributed by atoms with Crippen LogP contribution < -0.4 is 15.1 Å². The van der Waals surface area contributed by atoms with E-state index in [9.17, 15) is 4.79 Å². The lowest BCUT2D eigenvalue weighted by Gasteiger charge is -2.35. The minimum Gasteiger partial charge on any atom is -0.368 e. The monoisotopic (exact) mass is 377 g/mol. The van der Waals surface area contributed by atoms with E-state index >= 15 is 0 Å². The van der Waals surface area contributed by atoms with E-state index in [0.29, 0.717) is 5.75 Å². The van der Waals surface area contributed by atoms with Crippen LogP contribution in [-0.4, -0.2) is 54.6 Å². The third-order valence-electron chi connectivity index (χ3n) is 3.97. The molecule has 2 heterocycles. The molecule has 134 valence electrons. The summed E-state index contributed by atoms with van der Waals surface area (Å²) in [6.45, 7) is 6.60. The number of rotatable bonds is 7. The Morgan fingerprint density at radius 3 is 2.60 bits per heavy atom. The summed E-state index contributed by atoms with van der Waals surface area (Å²) in [6.07, 6.45) is 0.953. The van der Waals surface area contributed by atoms with E-state index in [1.54, 1.807) is 11.3 Å². The first kappa shape index (κ1) is 18.0. The highest BCUT2D eigenvalue weighted by molar-refractivity contribution is 8.01. The van der Waals surface area contributed by atoms with Crippen molar-refractivity contribution in [2.45, 2.75) is 17.7 Å². The summed E-state index contributed by atoms with van der Waals surface area (Å²) in [5, 5.41) is 12.3. The Labute approximate surface area is 156 Å². The Hall–Kier alpha value is -1.80. The first-order chi connectivity index (χ1) is 12.3. The lowest BCUT2D eigenvalue weighted by Crippen LogP contribution is -2.46. The molecule has 1 aliphatic heterocycles. The van der Waals surface area contributed by atoms with Gasteiger partial charge in [0.15, 0.2) is 4.34 Å². The maximum atomic E-state index is 11.7. The van der Waals surface area contributed by atoms with Gasteiger partial charge in [-0.1, -0.05) is 48.2 Å². The second-order valence-corrected chi connectivity index (χ2v) is 7.98. The van der Waals surface area contributed by atoms with E-state index in [-0.39, 0.29) is 5.91 Å². The molecule has 1 fully saturated rings. The number of piperazine rings is 1. The fraction of sp³-hybridized carbons (Fsp3) is 0.471. The Kier molecular flexibility index (Phi) is 6.52. The number of para-hydroxylation sites is 1. The molecular weight excluding hydrogens is 354 g/mol. The fourth-order valence-corrected chi connectivity index (χ4v) is 4.35. The predicted octanol–water partition coefficient (Wildman–Crippen LogP) is 2.48. The van der Waals surface area contributed by atoms with Crippen molar-refractivity contribution in [1.29, 1.82) is 0 Å². The summed E-state index contributed by atoms with van der Waals surface area (Å²) in [5.41, 5.74) is 1.27. The molecule has 0 aliphatic carbocycles. The molecule has 1 aromatic carbocycles. The fourth-order valence-electron chi connectivity index (χ4n) is 2.63. The predicted molar refractivity (Wildman–Crippen MR) is 105 cm³/mol. The van der Waals surface area contributed by atoms with Gasteiger partial charge in [0.1, 0.15) is 0 Å². The number of aromatic nitrogens is 2. The normalized spacial score (nSPS) is 14.6. The highest BCUT2D eigenvalue weighted by atomic mass is 32.2. The Bertz CT molecular complexity index is 671. The molecule has 0 radical (unpaired) electrons. The maximum Gasteiger partial charge on any atom is 0.230 e. The van der Waals surface area contributed by atoms with E-state index in [1.165, 1.54) is 17.4 Å². The van der Waals surface area contributed by atoms with Crippen molar-refractivity contribution in [3.63, 3.8) is 0 Å². The van der Waals surface area contributed by atoms with E-state index in [2.05, 4.69) is 49.6 Å². The molecule has 1 saturated heterocycles. The van der Waals surface area contributed by atoms with Crippen molar-refractivity contribution < 1.29 is 4.79 Å². The molecule has 2 aromatic rings. The maximum absolute atomic E-state index is 11.7. The molecule has 1 aliphatic rings. The molecule has 0 saturated carbocycles. The van der Waals surface area contributed by atoms with Crippen LogP contribution in [0.15, 0.2) is 34.7 Å². The van der Waals surface area contributed by atoms with Gasteiger partial charge in [-0.15, -0.1) is 10.2 Å². The molecule has 0 spiro atoms. The molecular formula is C17H23N5OS2. The summed E-state index contributed by atoms with van der Waals surface area (Å²) in [5.74, 6) is 0.455. The van der Waals surface area contributed by atoms with E-state index in [1.807, 2.05) is 13.0 Å². The third kappa shape index (κ3) is 5.09. The van der Waals surface area contributed by atoms with Crippen molar-refractivity contribution in [2.75, 3.05) is 48.3 Å². The zero-order chi connectivity index (χ0) is 17.5. The zero-order valence-electron chi connectivity index (χ0n) is 14.4. The largest absolute Gasteiger partial charge is 0.368 e. The van der Waals surface area contributed by atoms with Crippen LogP contribution in [0.25, 0.3) is 0 Å². The number of nitrogens with zero attached hydrogens (tertiary/aromatic N) is 4. The number of amides is 1. The molecule has 6 nitrogen and oxygen atoms in total. The second-order valence-electron chi connectivity index (χ2n) is 5.80. The lowest BCUT2D eigenvalue weighted by atomic mass is 10.2. The van der Waals surface area contributed by atoms with Gasteiger partial charge in [0.25, 0.3) is 0 Å². The van der Waals surface area contributed by atoms with Crippen molar-refractivity contribution in [3.05, 3.63) is 30.3 Å². The average Bonchev–Trinajstić information content (AvgIpc) is 3.14. The molecule has 1 aromatic heterocycles. The van der Waals surface area contributed by atoms with Crippen LogP contribution in [0.2, 0.25) is 0 Å². The third-order valence-corrected chi connectivity index (χ3v) is 6.08. The van der Waals surface area contributed by atoms with Crippen LogP contribution in [0.1, 0.15) is 13.3 Å². The van der Waals surface area contributed by atoms with Gasteiger partial charge in [0, 0.05) is 38.4 Å². The summed E-state index contributed by atoms with van der Waals surface area (Å²) < 4.78 is 0.854. The number of nitrogens with one attached hydrogen (secondary N) is 1. The summed E-state index contributed by atoms with van der Waals surface area (Å²) >= 11 is 3.03. The molecule has 1 N–H and O–H groups in total. The molecule has 0 bridgehead atoms. The average molecular weight is 378 g/mol. The van der Waals surface area contributed by atoms with Gasteiger partial charge in [-0.3, -0.25) is 4.79 Å². The van der Waals surface area contributed by atoms with Gasteiger partial charge in [-0.2, -0.15) is 0 Å². The molecule has 3 rings (SSSR count). The minimum absolute atomic E-state index is 0.0556. The standard InChI is InChI=1S/C17H23N5OS2/c1-2-8-18-15(23)13-24-17-20-19-16(25-17)22-11-9-21(10-12-22)14-6-4-3-5-7-14/h3-7H,2,8-13H2,1H3,(H,18,23). The number of benzene rings is 1. The Balaban J connectivity index is 1.48. The Morgan fingerprint density at radius 2 is 1.88 bits per heavy atom. The SMILES string of the molecule is CCCNC(=O)CSc1nnc(N2CCN(c3ccccc3)CC2)s1. The van der Waals surface area contributed by atoms with Gasteiger partial charge in [0.05, 0.1) is 5.75 Å². The van der Waals surface area contributed by atoms with Crippen LogP contribution in [0, 0.1) is 0 Å². The van der Waals surface area contributed by atoms with Crippen LogP contribution >= 0.6 is 23.1 Å². The summed E-state index contributed by atoms with van der Waals surface area (Å²) in [6, 6.07) is 10.5. The number of thioether (sulfide) groups is 1. The van der Waals surface area contributed by atoms with Crippen molar-refractivity contribution in [3.8, 4) is 0 Å². The zero-order valence-corrected chi connectivity index (χ0v) is 16.0. The van der Waals surface area contributed by atoms with E-state index in [4.69, 9.17) is 0 Å². The molecule has 8 heteroatoms. The summed E-state index contributed by atoms with van der Waals surface area (Å²) in [4.78, 5) is 16.3. The second kappa shape index (κ2) is 9.05. The number of hydrogen-bond donors (Lipinski definition) is 1. The van der Waals surface area contributed by atoms with E-state index in [0.717, 1.165) is 48.6 Å². The van der Waals surface area contributed by atoms with Crippen molar-refractivity contribution in [1.82, 2.24) is 15.5 Å². The number of hydrogen-bond acceptors (Lipinski definition) is 7. The lowest BCUT2D eigenvalue weighted by molar-refractivity contribution is -0.118. The smallest absolute Gasteiger partial charge is 0.230 e. The highest BCUT2D eigenvalue weighted by Crippen LogP contribution is 2.29. The molecule has 25 heavy (non-hydrogen) atoms. The van der Waals surface area contributed by atoms with Gasteiger partial charge < -0.3 is 15.1 Å². The quantitative estimate of drug-likeness (QED) is 0.748. The van der Waals surface area contributed by atoms with Gasteiger partial charge >= 0.3 is 0 Å². The Morgan fingerprint density at radius 1 is 1.16 bits per heavy atom. The van der Waals surface area contributed by atoms with Crippen LogP contribution in [0.5, 0.6) is 0 Å². The first-order valence-corrected chi connectivity index (χ1v) is 10.3. The topological polar surface area (TPSA) is 61.4 Å². The van der Waals surface area contributed by atoms with Gasteiger partial charge in [-0.05, 0) is 18.6 Å². The molecule has 1 amide bonds. The highest BCUT2D eigenvalue weighted by Gasteiger charge is 2.20. The number of carbonyl (C=O) groups excluding carboxylic acids is 1. The van der Waals surface area contributed by atoms with Gasteiger partial charge in [0.2, 0.25) is 11.0 Å². The van der Waals surface area contributed by atoms with Gasteiger partial charge in [-0.25, -0.2) is 0 Å². The van der Waals surface area contributed by atoms with Crippen LogP contribution in [-0.2, 0) is 4.79 Å². The number of anilines is 2. The van der Waals surface area contributed by atoms with Crippen molar-refractivity contribution >= 4 is 39.8 Å². The van der Waals surface area contributed by atoms with E-state index < -0.39 is 0 Å². The first-order valence-electron chi connectivity index (χ1n) is 8.54. The number of carbonyl (C=O) groups is 1. The molecule has 0 unspecified atom stereocenters. The van der Waals surface area contributed by atoms with Crippen LogP contribution in [0.4, 0.5) is 10.8 Å².